The molecule has 0 unspecified atom stereocenters. The maximum absolute atomic E-state index is 12.1. The van der Waals surface area contributed by atoms with Crippen molar-refractivity contribution in [1.29, 1.82) is 0 Å². The van der Waals surface area contributed by atoms with Gasteiger partial charge in [-0.05, 0) is 26.7 Å². The minimum Gasteiger partial charge on any atom is -0.395 e. The van der Waals surface area contributed by atoms with Gasteiger partial charge in [0.05, 0.1) is 17.1 Å². The number of hydrogen-bond acceptors (Lipinski definition) is 5. The first kappa shape index (κ1) is 11.8. The molecular weight excluding hydrogens is 246 g/mol. The van der Waals surface area contributed by atoms with Crippen molar-refractivity contribution in [2.75, 3.05) is 11.1 Å². The van der Waals surface area contributed by atoms with E-state index in [0.29, 0.717) is 17.5 Å². The molecule has 0 aliphatic heterocycles. The number of aryl methyl sites for hydroxylation is 1. The lowest BCUT2D eigenvalue weighted by molar-refractivity contribution is 0.102. The molecule has 100 valence electrons. The highest BCUT2D eigenvalue weighted by molar-refractivity contribution is 6.06. The Bertz CT molecular complexity index is 639. The summed E-state index contributed by atoms with van der Waals surface area (Å²) in [4.78, 5) is 12.1. The van der Waals surface area contributed by atoms with Gasteiger partial charge in [0.25, 0.3) is 5.91 Å². The number of nitrogen functional groups attached to an aromatic ring is 1. The largest absolute Gasteiger partial charge is 0.395 e. The summed E-state index contributed by atoms with van der Waals surface area (Å²) < 4.78 is 5.03. The molecule has 2 aromatic heterocycles. The highest BCUT2D eigenvalue weighted by Gasteiger charge is 2.30. The Balaban J connectivity index is 1.82. The third-order valence-corrected chi connectivity index (χ3v) is 3.42. The number of amides is 1. The van der Waals surface area contributed by atoms with E-state index in [1.807, 2.05) is 13.8 Å². The molecule has 1 aliphatic rings. The maximum atomic E-state index is 12.1. The van der Waals surface area contributed by atoms with Crippen LogP contribution in [0.15, 0.2) is 4.52 Å². The molecule has 0 atom stereocenters. The van der Waals surface area contributed by atoms with E-state index in [2.05, 4.69) is 20.7 Å². The van der Waals surface area contributed by atoms with E-state index in [0.717, 1.165) is 29.8 Å². The molecular formula is C12H15N5O2. The summed E-state index contributed by atoms with van der Waals surface area (Å²) in [5.74, 6) is 0.362. The molecule has 0 bridgehead atoms. The second-order valence-electron chi connectivity index (χ2n) is 4.85. The van der Waals surface area contributed by atoms with Crippen molar-refractivity contribution in [2.24, 2.45) is 0 Å². The van der Waals surface area contributed by atoms with Gasteiger partial charge in [0.15, 0.2) is 5.69 Å². The van der Waals surface area contributed by atoms with Crippen molar-refractivity contribution in [2.45, 2.75) is 32.6 Å². The monoisotopic (exact) mass is 261 g/mol. The summed E-state index contributed by atoms with van der Waals surface area (Å²) in [6, 6.07) is 0. The van der Waals surface area contributed by atoms with Gasteiger partial charge in [-0.1, -0.05) is 5.16 Å². The molecule has 0 radical (unpaired) electrons. The molecule has 7 nitrogen and oxygen atoms in total. The molecule has 1 amide bonds. The van der Waals surface area contributed by atoms with E-state index in [1.54, 1.807) is 0 Å². The topological polar surface area (TPSA) is 110 Å². The average Bonchev–Trinajstić information content (AvgIpc) is 3.09. The summed E-state index contributed by atoms with van der Waals surface area (Å²) in [7, 11) is 0. The van der Waals surface area contributed by atoms with Gasteiger partial charge in [0.2, 0.25) is 5.88 Å². The van der Waals surface area contributed by atoms with E-state index in [4.69, 9.17) is 10.3 Å². The zero-order valence-electron chi connectivity index (χ0n) is 10.8. The number of nitrogens with one attached hydrogen (secondary N) is 2. The Kier molecular flexibility index (Phi) is 2.55. The fourth-order valence-corrected chi connectivity index (χ4v) is 1.91. The highest BCUT2D eigenvalue weighted by Crippen LogP contribution is 2.42. The van der Waals surface area contributed by atoms with Crippen LogP contribution in [0.3, 0.4) is 0 Å². The van der Waals surface area contributed by atoms with Gasteiger partial charge in [0.1, 0.15) is 0 Å². The zero-order valence-corrected chi connectivity index (χ0v) is 10.8. The van der Waals surface area contributed by atoms with Crippen molar-refractivity contribution < 1.29 is 9.32 Å². The van der Waals surface area contributed by atoms with E-state index < -0.39 is 0 Å². The maximum Gasteiger partial charge on any atom is 0.280 e. The second kappa shape index (κ2) is 4.11. The Morgan fingerprint density at radius 1 is 1.47 bits per heavy atom. The second-order valence-corrected chi connectivity index (χ2v) is 4.85. The fraction of sp³-hybridized carbons (Fsp3) is 0.417. The zero-order chi connectivity index (χ0) is 13.6. The van der Waals surface area contributed by atoms with Gasteiger partial charge in [-0.3, -0.25) is 15.2 Å². The van der Waals surface area contributed by atoms with Crippen LogP contribution in [0.5, 0.6) is 0 Å². The predicted molar refractivity (Wildman–Crippen MR) is 68.9 cm³/mol. The Labute approximate surface area is 109 Å². The molecule has 7 heteroatoms. The summed E-state index contributed by atoms with van der Waals surface area (Å²) in [6.45, 7) is 3.63. The summed E-state index contributed by atoms with van der Waals surface area (Å²) >= 11 is 0. The lowest BCUT2D eigenvalue weighted by Gasteiger charge is -2.00. The average molecular weight is 261 g/mol. The SMILES string of the molecule is Cc1noc(NC(=O)c2n[nH]c(C3CC3)c2N)c1C. The van der Waals surface area contributed by atoms with Crippen LogP contribution in [0, 0.1) is 13.8 Å². The first-order valence-corrected chi connectivity index (χ1v) is 6.16. The molecule has 19 heavy (non-hydrogen) atoms. The minimum atomic E-state index is -0.389. The molecule has 0 aromatic carbocycles. The van der Waals surface area contributed by atoms with Gasteiger partial charge >= 0.3 is 0 Å². The molecule has 2 heterocycles. The number of nitrogens with zero attached hydrogens (tertiary/aromatic N) is 2. The Hall–Kier alpha value is -2.31. The first-order valence-electron chi connectivity index (χ1n) is 6.16. The van der Waals surface area contributed by atoms with Crippen molar-refractivity contribution in [3.05, 3.63) is 22.6 Å². The van der Waals surface area contributed by atoms with E-state index >= 15 is 0 Å². The van der Waals surface area contributed by atoms with Crippen LogP contribution in [-0.2, 0) is 0 Å². The number of anilines is 2. The number of H-pyrrole nitrogens is 1. The summed E-state index contributed by atoms with van der Waals surface area (Å²) in [5.41, 5.74) is 8.96. The third-order valence-electron chi connectivity index (χ3n) is 3.42. The van der Waals surface area contributed by atoms with Crippen LogP contribution in [0.25, 0.3) is 0 Å². The van der Waals surface area contributed by atoms with Gasteiger partial charge in [0, 0.05) is 11.5 Å². The van der Waals surface area contributed by atoms with Gasteiger partial charge in [-0.25, -0.2) is 0 Å². The molecule has 1 aliphatic carbocycles. The van der Waals surface area contributed by atoms with Crippen molar-refractivity contribution >= 4 is 17.5 Å². The Morgan fingerprint density at radius 2 is 2.21 bits per heavy atom. The van der Waals surface area contributed by atoms with Gasteiger partial charge in [-0.15, -0.1) is 0 Å². The number of carbonyl (C=O) groups excluding carboxylic acids is 1. The van der Waals surface area contributed by atoms with Crippen LogP contribution in [0.4, 0.5) is 11.6 Å². The number of aromatic nitrogens is 3. The third kappa shape index (κ3) is 1.96. The number of rotatable bonds is 3. The predicted octanol–water partition coefficient (Wildman–Crippen LogP) is 1.73. The minimum absolute atomic E-state index is 0.204. The summed E-state index contributed by atoms with van der Waals surface area (Å²) in [6.07, 6.45) is 2.18. The van der Waals surface area contributed by atoms with E-state index in [1.165, 1.54) is 0 Å². The van der Waals surface area contributed by atoms with Crippen molar-refractivity contribution in [1.82, 2.24) is 15.4 Å². The van der Waals surface area contributed by atoms with Crippen molar-refractivity contribution in [3.63, 3.8) is 0 Å². The number of aromatic amines is 1. The summed E-state index contributed by atoms with van der Waals surface area (Å²) in [5, 5.41) is 13.2. The molecule has 0 spiro atoms. The number of hydrogen-bond donors (Lipinski definition) is 3. The molecule has 3 rings (SSSR count). The molecule has 1 saturated carbocycles. The highest BCUT2D eigenvalue weighted by atomic mass is 16.5. The smallest absolute Gasteiger partial charge is 0.280 e. The van der Waals surface area contributed by atoms with Crippen LogP contribution >= 0.6 is 0 Å². The normalized spacial score (nSPS) is 14.6. The molecule has 0 saturated heterocycles. The number of nitrogens with two attached hydrogens (primary N) is 1. The van der Waals surface area contributed by atoms with Gasteiger partial charge < -0.3 is 10.3 Å². The molecule has 2 aromatic rings. The standard InChI is InChI=1S/C12H15N5O2/c1-5-6(2)17-19-12(5)14-11(18)10-8(13)9(15-16-10)7-3-4-7/h7H,3-4,13H2,1-2H3,(H,14,18)(H,15,16). The van der Waals surface area contributed by atoms with Crippen LogP contribution < -0.4 is 11.1 Å². The lowest BCUT2D eigenvalue weighted by atomic mass is 10.2. The van der Waals surface area contributed by atoms with Gasteiger partial charge in [-0.2, -0.15) is 5.10 Å². The van der Waals surface area contributed by atoms with E-state index in [-0.39, 0.29) is 11.6 Å². The number of carbonyl (C=O) groups is 1. The Morgan fingerprint density at radius 3 is 2.79 bits per heavy atom. The van der Waals surface area contributed by atoms with Crippen LogP contribution in [0.1, 0.15) is 46.2 Å². The first-order chi connectivity index (χ1) is 9.08. The van der Waals surface area contributed by atoms with Crippen LogP contribution in [-0.4, -0.2) is 21.3 Å². The lowest BCUT2D eigenvalue weighted by Crippen LogP contribution is -2.14. The molecule has 1 fully saturated rings. The molecule has 4 N–H and O–H groups in total. The quantitative estimate of drug-likeness (QED) is 0.779. The van der Waals surface area contributed by atoms with Crippen molar-refractivity contribution in [3.8, 4) is 0 Å². The van der Waals surface area contributed by atoms with E-state index in [9.17, 15) is 4.79 Å². The fourth-order valence-electron chi connectivity index (χ4n) is 1.91. The van der Waals surface area contributed by atoms with Crippen LogP contribution in [0.2, 0.25) is 0 Å².